The molecule has 2 atom stereocenters. The van der Waals surface area contributed by atoms with E-state index in [2.05, 4.69) is 31.0 Å². The zero-order valence-corrected chi connectivity index (χ0v) is 14.5. The Balaban J connectivity index is 1.72. The minimum atomic E-state index is 0.524. The van der Waals surface area contributed by atoms with Gasteiger partial charge in [-0.1, -0.05) is 27.2 Å². The van der Waals surface area contributed by atoms with Gasteiger partial charge in [-0.05, 0) is 43.6 Å². The van der Waals surface area contributed by atoms with E-state index in [1.54, 1.807) is 0 Å². The van der Waals surface area contributed by atoms with Crippen molar-refractivity contribution in [3.05, 3.63) is 10.6 Å². The average Bonchev–Trinajstić information content (AvgIpc) is 3.11. The Bertz CT molecular complexity index is 457. The fourth-order valence-corrected chi connectivity index (χ4v) is 5.04. The molecule has 1 N–H and O–H groups in total. The normalized spacial score (nSPS) is 25.0. The summed E-state index contributed by atoms with van der Waals surface area (Å²) in [6.45, 7) is 11.3. The van der Waals surface area contributed by atoms with Crippen LogP contribution in [0.3, 0.4) is 0 Å². The van der Waals surface area contributed by atoms with Gasteiger partial charge in [-0.15, -0.1) is 11.3 Å². The minimum Gasteiger partial charge on any atom is -0.348 e. The zero-order chi connectivity index (χ0) is 14.8. The molecule has 2 heterocycles. The van der Waals surface area contributed by atoms with Crippen molar-refractivity contribution >= 4 is 16.5 Å². The summed E-state index contributed by atoms with van der Waals surface area (Å²) in [6, 6.07) is 0. The highest BCUT2D eigenvalue weighted by Crippen LogP contribution is 2.41. The van der Waals surface area contributed by atoms with Gasteiger partial charge >= 0.3 is 0 Å². The van der Waals surface area contributed by atoms with Gasteiger partial charge < -0.3 is 10.2 Å². The molecule has 0 aromatic carbocycles. The van der Waals surface area contributed by atoms with Crippen molar-refractivity contribution in [3.8, 4) is 0 Å². The van der Waals surface area contributed by atoms with Crippen LogP contribution in [0.4, 0.5) is 5.13 Å². The summed E-state index contributed by atoms with van der Waals surface area (Å²) in [5, 5.41) is 4.82. The molecular formula is C17H29N3S. The van der Waals surface area contributed by atoms with E-state index >= 15 is 0 Å². The first-order valence-electron chi connectivity index (χ1n) is 8.64. The molecular weight excluding hydrogens is 278 g/mol. The molecule has 1 saturated carbocycles. The predicted molar refractivity (Wildman–Crippen MR) is 91.2 cm³/mol. The summed E-state index contributed by atoms with van der Waals surface area (Å²) in [6.07, 6.45) is 5.52. The number of nitrogens with one attached hydrogen (secondary N) is 1. The van der Waals surface area contributed by atoms with Crippen LogP contribution in [0.2, 0.25) is 0 Å². The second-order valence-electron chi connectivity index (χ2n) is 6.99. The molecule has 21 heavy (non-hydrogen) atoms. The highest BCUT2D eigenvalue weighted by atomic mass is 32.1. The Labute approximate surface area is 133 Å². The SMILES string of the molecule is CCCNCc1sc(N2CC3CCCC3C2)nc1C(C)C. The van der Waals surface area contributed by atoms with E-state index in [1.165, 1.54) is 54.5 Å². The van der Waals surface area contributed by atoms with Crippen molar-refractivity contribution in [2.24, 2.45) is 11.8 Å². The highest BCUT2D eigenvalue weighted by molar-refractivity contribution is 7.15. The maximum atomic E-state index is 5.00. The van der Waals surface area contributed by atoms with Crippen LogP contribution < -0.4 is 10.2 Å². The molecule has 1 aliphatic carbocycles. The van der Waals surface area contributed by atoms with Crippen LogP contribution in [0.5, 0.6) is 0 Å². The first-order valence-corrected chi connectivity index (χ1v) is 9.46. The van der Waals surface area contributed by atoms with Gasteiger partial charge in [-0.3, -0.25) is 0 Å². The van der Waals surface area contributed by atoms with Gasteiger partial charge in [0, 0.05) is 24.5 Å². The fourth-order valence-electron chi connectivity index (χ4n) is 3.83. The maximum Gasteiger partial charge on any atom is 0.185 e. The molecule has 0 radical (unpaired) electrons. The first-order chi connectivity index (χ1) is 10.2. The van der Waals surface area contributed by atoms with Crippen molar-refractivity contribution in [2.45, 2.75) is 58.9 Å². The van der Waals surface area contributed by atoms with Gasteiger partial charge in [0.25, 0.3) is 0 Å². The fraction of sp³-hybridized carbons (Fsp3) is 0.824. The van der Waals surface area contributed by atoms with Gasteiger partial charge in [-0.25, -0.2) is 4.98 Å². The van der Waals surface area contributed by atoms with Crippen molar-refractivity contribution in [3.63, 3.8) is 0 Å². The molecule has 1 aromatic heterocycles. The second-order valence-corrected chi connectivity index (χ2v) is 8.05. The number of anilines is 1. The van der Waals surface area contributed by atoms with Gasteiger partial charge in [0.15, 0.2) is 5.13 Å². The zero-order valence-electron chi connectivity index (χ0n) is 13.7. The summed E-state index contributed by atoms with van der Waals surface area (Å²) in [4.78, 5) is 9.02. The molecule has 0 amide bonds. The summed E-state index contributed by atoms with van der Waals surface area (Å²) in [5.41, 5.74) is 1.32. The van der Waals surface area contributed by atoms with E-state index in [1.807, 2.05) is 11.3 Å². The maximum absolute atomic E-state index is 5.00. The van der Waals surface area contributed by atoms with Crippen LogP contribution in [-0.2, 0) is 6.54 Å². The van der Waals surface area contributed by atoms with Gasteiger partial charge in [0.05, 0.1) is 5.69 Å². The molecule has 2 aliphatic rings. The summed E-state index contributed by atoms with van der Waals surface area (Å²) in [5.74, 6) is 2.41. The third-order valence-electron chi connectivity index (χ3n) is 4.97. The number of hydrogen-bond acceptors (Lipinski definition) is 4. The molecule has 0 spiro atoms. The second kappa shape index (κ2) is 6.66. The van der Waals surface area contributed by atoms with E-state index in [0.29, 0.717) is 5.92 Å². The molecule has 1 aromatic rings. The van der Waals surface area contributed by atoms with E-state index < -0.39 is 0 Å². The van der Waals surface area contributed by atoms with Crippen LogP contribution in [-0.4, -0.2) is 24.6 Å². The Morgan fingerprint density at radius 3 is 2.62 bits per heavy atom. The molecule has 3 nitrogen and oxygen atoms in total. The van der Waals surface area contributed by atoms with Crippen LogP contribution >= 0.6 is 11.3 Å². The highest BCUT2D eigenvalue weighted by Gasteiger charge is 2.37. The number of nitrogens with zero attached hydrogens (tertiary/aromatic N) is 2. The lowest BCUT2D eigenvalue weighted by atomic mass is 10.0. The van der Waals surface area contributed by atoms with Gasteiger partial charge in [0.2, 0.25) is 0 Å². The van der Waals surface area contributed by atoms with E-state index in [4.69, 9.17) is 4.98 Å². The largest absolute Gasteiger partial charge is 0.348 e. The average molecular weight is 308 g/mol. The molecule has 2 fully saturated rings. The number of hydrogen-bond donors (Lipinski definition) is 1. The van der Waals surface area contributed by atoms with Crippen LogP contribution in [0, 0.1) is 11.8 Å². The quantitative estimate of drug-likeness (QED) is 0.805. The Kier molecular flexibility index (Phi) is 4.85. The summed E-state index contributed by atoms with van der Waals surface area (Å²) >= 11 is 1.93. The van der Waals surface area contributed by atoms with Crippen molar-refractivity contribution in [1.29, 1.82) is 0 Å². The molecule has 3 rings (SSSR count). The van der Waals surface area contributed by atoms with E-state index in [-0.39, 0.29) is 0 Å². The number of thiazole rings is 1. The Morgan fingerprint density at radius 2 is 2.00 bits per heavy atom. The van der Waals surface area contributed by atoms with Crippen molar-refractivity contribution in [1.82, 2.24) is 10.3 Å². The first kappa shape index (κ1) is 15.3. The lowest BCUT2D eigenvalue weighted by Gasteiger charge is -2.15. The van der Waals surface area contributed by atoms with E-state index in [0.717, 1.165) is 24.9 Å². The van der Waals surface area contributed by atoms with Crippen LogP contribution in [0.15, 0.2) is 0 Å². The third-order valence-corrected chi connectivity index (χ3v) is 6.10. The van der Waals surface area contributed by atoms with Crippen LogP contribution in [0.1, 0.15) is 62.9 Å². The number of fused-ring (bicyclic) bond motifs is 1. The van der Waals surface area contributed by atoms with Crippen LogP contribution in [0.25, 0.3) is 0 Å². The lowest BCUT2D eigenvalue weighted by Crippen LogP contribution is -2.20. The minimum absolute atomic E-state index is 0.524. The lowest BCUT2D eigenvalue weighted by molar-refractivity contribution is 0.494. The molecule has 4 heteroatoms. The standard InChI is InChI=1S/C17H29N3S/c1-4-8-18-9-15-16(12(2)3)19-17(21-15)20-10-13-6-5-7-14(13)11-20/h12-14,18H,4-11H2,1-3H3. The Hall–Kier alpha value is -0.610. The molecule has 1 aliphatic heterocycles. The Morgan fingerprint density at radius 1 is 1.29 bits per heavy atom. The molecule has 0 bridgehead atoms. The summed E-state index contributed by atoms with van der Waals surface area (Å²) in [7, 11) is 0. The van der Waals surface area contributed by atoms with Crippen molar-refractivity contribution in [2.75, 3.05) is 24.5 Å². The third kappa shape index (κ3) is 3.26. The predicted octanol–water partition coefficient (Wildman–Crippen LogP) is 4.00. The van der Waals surface area contributed by atoms with Crippen molar-refractivity contribution < 1.29 is 0 Å². The topological polar surface area (TPSA) is 28.2 Å². The van der Waals surface area contributed by atoms with Gasteiger partial charge in [-0.2, -0.15) is 0 Å². The number of rotatable bonds is 6. The summed E-state index contributed by atoms with van der Waals surface area (Å²) < 4.78 is 0. The monoisotopic (exact) mass is 307 g/mol. The van der Waals surface area contributed by atoms with Gasteiger partial charge in [0.1, 0.15) is 0 Å². The van der Waals surface area contributed by atoms with E-state index in [9.17, 15) is 0 Å². The molecule has 118 valence electrons. The number of aromatic nitrogens is 1. The molecule has 1 saturated heterocycles. The smallest absolute Gasteiger partial charge is 0.185 e. The molecule has 2 unspecified atom stereocenters.